The van der Waals surface area contributed by atoms with E-state index in [1.165, 1.54) is 13.8 Å². The lowest BCUT2D eigenvalue weighted by Gasteiger charge is -2.16. The third kappa shape index (κ3) is 12.4. The SMILES string of the molecule is CCCCC[C@@H](/C=C/[C@H](CCCCC)OC(C)=O)OC(C)=O. The molecule has 0 unspecified atom stereocenters. The molecule has 0 aliphatic heterocycles. The van der Waals surface area contributed by atoms with Gasteiger partial charge in [-0.15, -0.1) is 0 Å². The van der Waals surface area contributed by atoms with E-state index in [0.717, 1.165) is 51.4 Å². The summed E-state index contributed by atoms with van der Waals surface area (Å²) in [4.78, 5) is 22.4. The van der Waals surface area contributed by atoms with Crippen molar-refractivity contribution in [1.82, 2.24) is 0 Å². The smallest absolute Gasteiger partial charge is 0.303 e. The van der Waals surface area contributed by atoms with E-state index in [1.807, 2.05) is 12.2 Å². The van der Waals surface area contributed by atoms with Gasteiger partial charge in [-0.05, 0) is 37.8 Å². The lowest BCUT2D eigenvalue weighted by molar-refractivity contribution is -0.146. The molecular weight excluding hydrogens is 280 g/mol. The van der Waals surface area contributed by atoms with E-state index in [4.69, 9.17) is 9.47 Å². The molecule has 0 radical (unpaired) electrons. The standard InChI is InChI=1S/C18H32O4/c1-5-7-9-11-17(21-15(3)19)13-14-18(22-16(4)20)12-10-8-6-2/h13-14,17-18H,5-12H2,1-4H3/b14-13+/t17-,18-/m0/s1. The molecule has 0 spiro atoms. The van der Waals surface area contributed by atoms with Crippen LogP contribution < -0.4 is 0 Å². The molecule has 0 aromatic carbocycles. The number of hydrogen-bond donors (Lipinski definition) is 0. The predicted octanol–water partition coefficient (Wildman–Crippen LogP) is 4.57. The van der Waals surface area contributed by atoms with Crippen molar-refractivity contribution in [2.24, 2.45) is 0 Å². The Morgan fingerprint density at radius 3 is 1.41 bits per heavy atom. The van der Waals surface area contributed by atoms with Crippen molar-refractivity contribution in [2.45, 2.75) is 91.3 Å². The number of unbranched alkanes of at least 4 members (excludes halogenated alkanes) is 4. The van der Waals surface area contributed by atoms with Gasteiger partial charge in [0, 0.05) is 13.8 Å². The zero-order valence-electron chi connectivity index (χ0n) is 14.6. The summed E-state index contributed by atoms with van der Waals surface area (Å²) in [6.07, 6.45) is 11.4. The van der Waals surface area contributed by atoms with Gasteiger partial charge < -0.3 is 9.47 Å². The van der Waals surface area contributed by atoms with Crippen LogP contribution in [-0.2, 0) is 19.1 Å². The molecule has 0 N–H and O–H groups in total. The van der Waals surface area contributed by atoms with E-state index >= 15 is 0 Å². The van der Waals surface area contributed by atoms with Crippen molar-refractivity contribution in [3.8, 4) is 0 Å². The molecule has 0 saturated heterocycles. The molecular formula is C18H32O4. The number of carbonyl (C=O) groups excluding carboxylic acids is 2. The Balaban J connectivity index is 4.56. The van der Waals surface area contributed by atoms with E-state index in [1.54, 1.807) is 0 Å². The molecule has 4 heteroatoms. The largest absolute Gasteiger partial charge is 0.458 e. The Morgan fingerprint density at radius 2 is 1.14 bits per heavy atom. The van der Waals surface area contributed by atoms with Gasteiger partial charge in [0.2, 0.25) is 0 Å². The first-order valence-electron chi connectivity index (χ1n) is 8.52. The van der Waals surface area contributed by atoms with Gasteiger partial charge in [-0.3, -0.25) is 9.59 Å². The minimum Gasteiger partial charge on any atom is -0.458 e. The molecule has 0 aliphatic rings. The fraction of sp³-hybridized carbons (Fsp3) is 0.778. The average molecular weight is 312 g/mol. The van der Waals surface area contributed by atoms with Gasteiger partial charge in [0.15, 0.2) is 0 Å². The lowest BCUT2D eigenvalue weighted by Crippen LogP contribution is -2.17. The molecule has 0 fully saturated rings. The Kier molecular flexibility index (Phi) is 12.5. The summed E-state index contributed by atoms with van der Waals surface area (Å²) in [6.45, 7) is 7.12. The Labute approximate surface area is 135 Å². The summed E-state index contributed by atoms with van der Waals surface area (Å²) in [6, 6.07) is 0. The highest BCUT2D eigenvalue weighted by Crippen LogP contribution is 2.13. The quantitative estimate of drug-likeness (QED) is 0.301. The molecule has 0 heterocycles. The summed E-state index contributed by atoms with van der Waals surface area (Å²) in [5.41, 5.74) is 0. The van der Waals surface area contributed by atoms with Gasteiger partial charge >= 0.3 is 11.9 Å². The number of esters is 2. The van der Waals surface area contributed by atoms with Crippen LogP contribution in [0.2, 0.25) is 0 Å². The van der Waals surface area contributed by atoms with Crippen LogP contribution in [0.15, 0.2) is 12.2 Å². The van der Waals surface area contributed by atoms with Crippen molar-refractivity contribution in [3.63, 3.8) is 0 Å². The van der Waals surface area contributed by atoms with Gasteiger partial charge in [0.1, 0.15) is 12.2 Å². The molecule has 0 amide bonds. The van der Waals surface area contributed by atoms with Gasteiger partial charge in [-0.25, -0.2) is 0 Å². The van der Waals surface area contributed by atoms with Crippen LogP contribution >= 0.6 is 0 Å². The number of ether oxygens (including phenoxy) is 2. The monoisotopic (exact) mass is 312 g/mol. The van der Waals surface area contributed by atoms with Gasteiger partial charge in [-0.2, -0.15) is 0 Å². The van der Waals surface area contributed by atoms with Crippen LogP contribution in [-0.4, -0.2) is 24.1 Å². The molecule has 4 nitrogen and oxygen atoms in total. The van der Waals surface area contributed by atoms with E-state index in [9.17, 15) is 9.59 Å². The topological polar surface area (TPSA) is 52.6 Å². The number of carbonyl (C=O) groups is 2. The Bertz CT molecular complexity index is 304. The molecule has 0 rings (SSSR count). The summed E-state index contributed by atoms with van der Waals surface area (Å²) >= 11 is 0. The molecule has 0 aliphatic carbocycles. The van der Waals surface area contributed by atoms with Gasteiger partial charge in [0.05, 0.1) is 0 Å². The van der Waals surface area contributed by atoms with E-state index < -0.39 is 0 Å². The maximum Gasteiger partial charge on any atom is 0.303 e. The number of hydrogen-bond acceptors (Lipinski definition) is 4. The molecule has 2 atom stereocenters. The Hall–Kier alpha value is -1.32. The maximum atomic E-state index is 11.2. The highest BCUT2D eigenvalue weighted by Gasteiger charge is 2.12. The van der Waals surface area contributed by atoms with Crippen LogP contribution in [0.4, 0.5) is 0 Å². The Morgan fingerprint density at radius 1 is 0.773 bits per heavy atom. The predicted molar refractivity (Wildman–Crippen MR) is 88.5 cm³/mol. The number of rotatable bonds is 12. The fourth-order valence-electron chi connectivity index (χ4n) is 2.25. The van der Waals surface area contributed by atoms with Crippen molar-refractivity contribution in [3.05, 3.63) is 12.2 Å². The fourth-order valence-corrected chi connectivity index (χ4v) is 2.25. The van der Waals surface area contributed by atoms with Crippen LogP contribution in [0.5, 0.6) is 0 Å². The van der Waals surface area contributed by atoms with E-state index in [-0.39, 0.29) is 24.1 Å². The molecule has 0 bridgehead atoms. The van der Waals surface area contributed by atoms with Crippen molar-refractivity contribution < 1.29 is 19.1 Å². The first kappa shape index (κ1) is 20.7. The third-order valence-electron chi connectivity index (χ3n) is 3.36. The summed E-state index contributed by atoms with van der Waals surface area (Å²) in [5, 5.41) is 0. The summed E-state index contributed by atoms with van der Waals surface area (Å²) in [5.74, 6) is -0.553. The molecule has 0 saturated carbocycles. The minimum absolute atomic E-state index is 0.228. The minimum atomic E-state index is -0.277. The lowest BCUT2D eigenvalue weighted by atomic mass is 10.1. The first-order valence-corrected chi connectivity index (χ1v) is 8.52. The van der Waals surface area contributed by atoms with E-state index in [0.29, 0.717) is 0 Å². The molecule has 0 aromatic heterocycles. The van der Waals surface area contributed by atoms with Gasteiger partial charge in [-0.1, -0.05) is 39.5 Å². The van der Waals surface area contributed by atoms with Crippen LogP contribution in [0.3, 0.4) is 0 Å². The molecule has 128 valence electrons. The van der Waals surface area contributed by atoms with Crippen molar-refractivity contribution in [2.75, 3.05) is 0 Å². The first-order chi connectivity index (χ1) is 10.5. The van der Waals surface area contributed by atoms with Crippen molar-refractivity contribution >= 4 is 11.9 Å². The molecule has 0 aromatic rings. The van der Waals surface area contributed by atoms with Crippen LogP contribution in [0.1, 0.15) is 79.1 Å². The van der Waals surface area contributed by atoms with Crippen LogP contribution in [0.25, 0.3) is 0 Å². The highest BCUT2D eigenvalue weighted by atomic mass is 16.5. The molecule has 22 heavy (non-hydrogen) atoms. The second-order valence-electron chi connectivity index (χ2n) is 5.67. The third-order valence-corrected chi connectivity index (χ3v) is 3.36. The average Bonchev–Trinajstić information content (AvgIpc) is 2.43. The summed E-state index contributed by atoms with van der Waals surface area (Å²) in [7, 11) is 0. The van der Waals surface area contributed by atoms with Gasteiger partial charge in [0.25, 0.3) is 0 Å². The van der Waals surface area contributed by atoms with Crippen LogP contribution in [0, 0.1) is 0 Å². The summed E-state index contributed by atoms with van der Waals surface area (Å²) < 4.78 is 10.6. The second kappa shape index (κ2) is 13.4. The van der Waals surface area contributed by atoms with E-state index in [2.05, 4.69) is 13.8 Å². The normalized spacial score (nSPS) is 13.8. The second-order valence-corrected chi connectivity index (χ2v) is 5.67. The van der Waals surface area contributed by atoms with Crippen molar-refractivity contribution in [1.29, 1.82) is 0 Å². The maximum absolute atomic E-state index is 11.2. The zero-order valence-corrected chi connectivity index (χ0v) is 14.6. The highest BCUT2D eigenvalue weighted by molar-refractivity contribution is 5.66. The zero-order chi connectivity index (χ0) is 16.8.